The molecule has 0 aliphatic heterocycles. The first-order valence-corrected chi connectivity index (χ1v) is 5.46. The van der Waals surface area contributed by atoms with Crippen molar-refractivity contribution in [3.8, 4) is 5.75 Å². The van der Waals surface area contributed by atoms with E-state index in [0.29, 0.717) is 5.75 Å². The Morgan fingerprint density at radius 2 is 1.93 bits per heavy atom. The number of phenols is 1. The molecule has 0 atom stereocenters. The normalized spacial score (nSPS) is 10.2. The molecule has 0 radical (unpaired) electrons. The number of pyridine rings is 1. The number of hydrogen-bond acceptors (Lipinski definition) is 3. The fraction of sp³-hybridized carbons (Fsp3) is 0.0833. The van der Waals surface area contributed by atoms with Gasteiger partial charge in [-0.05, 0) is 30.7 Å². The molecule has 0 bridgehead atoms. The van der Waals surface area contributed by atoms with Crippen LogP contribution in [0.3, 0.4) is 0 Å². The van der Waals surface area contributed by atoms with Crippen molar-refractivity contribution in [1.82, 2.24) is 4.98 Å². The molecule has 0 saturated heterocycles. The van der Waals surface area contributed by atoms with Crippen molar-refractivity contribution in [2.45, 2.75) is 16.8 Å². The quantitative estimate of drug-likeness (QED) is 0.838. The van der Waals surface area contributed by atoms with Crippen LogP contribution in [0.2, 0.25) is 0 Å². The molecule has 0 aliphatic carbocycles. The zero-order valence-electron chi connectivity index (χ0n) is 8.34. The van der Waals surface area contributed by atoms with Gasteiger partial charge < -0.3 is 5.11 Å². The number of rotatable bonds is 2. The molecule has 1 heterocycles. The SMILES string of the molecule is Cc1ccc(Sc2ccccc2O)nc1. The van der Waals surface area contributed by atoms with Crippen molar-refractivity contribution in [2.75, 3.05) is 0 Å². The fourth-order valence-electron chi connectivity index (χ4n) is 1.17. The van der Waals surface area contributed by atoms with Crippen molar-refractivity contribution in [2.24, 2.45) is 0 Å². The molecular formula is C12H11NOS. The first-order chi connectivity index (χ1) is 7.25. The number of hydrogen-bond donors (Lipinski definition) is 1. The van der Waals surface area contributed by atoms with Crippen molar-refractivity contribution in [3.63, 3.8) is 0 Å². The van der Waals surface area contributed by atoms with Gasteiger partial charge in [0.15, 0.2) is 0 Å². The van der Waals surface area contributed by atoms with E-state index in [1.165, 1.54) is 11.8 Å². The standard InChI is InChI=1S/C12H11NOS/c1-9-6-7-12(13-8-9)15-11-5-3-2-4-10(11)14/h2-8,14H,1H3. The van der Waals surface area contributed by atoms with Gasteiger partial charge in [-0.3, -0.25) is 0 Å². The van der Waals surface area contributed by atoms with E-state index < -0.39 is 0 Å². The van der Waals surface area contributed by atoms with Crippen LogP contribution < -0.4 is 0 Å². The molecule has 2 rings (SSSR count). The Morgan fingerprint density at radius 1 is 1.13 bits per heavy atom. The number of aromatic nitrogens is 1. The number of aryl methyl sites for hydroxylation is 1. The number of nitrogens with zero attached hydrogens (tertiary/aromatic N) is 1. The van der Waals surface area contributed by atoms with Gasteiger partial charge in [0.25, 0.3) is 0 Å². The molecule has 3 heteroatoms. The highest BCUT2D eigenvalue weighted by Gasteiger charge is 2.02. The van der Waals surface area contributed by atoms with Crippen LogP contribution in [0, 0.1) is 6.92 Å². The van der Waals surface area contributed by atoms with E-state index in [9.17, 15) is 5.11 Å². The first kappa shape index (κ1) is 10.1. The molecule has 76 valence electrons. The highest BCUT2D eigenvalue weighted by atomic mass is 32.2. The molecule has 1 aromatic carbocycles. The van der Waals surface area contributed by atoms with E-state index in [0.717, 1.165) is 15.5 Å². The lowest BCUT2D eigenvalue weighted by Gasteiger charge is -2.02. The van der Waals surface area contributed by atoms with Crippen LogP contribution in [0.4, 0.5) is 0 Å². The summed E-state index contributed by atoms with van der Waals surface area (Å²) in [5.41, 5.74) is 1.14. The number of phenolic OH excluding ortho intramolecular Hbond substituents is 1. The van der Waals surface area contributed by atoms with E-state index in [1.54, 1.807) is 6.07 Å². The molecule has 0 unspecified atom stereocenters. The van der Waals surface area contributed by atoms with Gasteiger partial charge in [-0.25, -0.2) is 4.98 Å². The van der Waals surface area contributed by atoms with Crippen LogP contribution in [0.25, 0.3) is 0 Å². The van der Waals surface area contributed by atoms with Gasteiger partial charge in [-0.2, -0.15) is 0 Å². The lowest BCUT2D eigenvalue weighted by atomic mass is 10.3. The van der Waals surface area contributed by atoms with Crippen LogP contribution >= 0.6 is 11.8 Å². The van der Waals surface area contributed by atoms with Gasteiger partial charge >= 0.3 is 0 Å². The summed E-state index contributed by atoms with van der Waals surface area (Å²) in [5.74, 6) is 0.296. The summed E-state index contributed by atoms with van der Waals surface area (Å²) in [6.07, 6.45) is 1.82. The molecule has 1 N–H and O–H groups in total. The summed E-state index contributed by atoms with van der Waals surface area (Å²) < 4.78 is 0. The van der Waals surface area contributed by atoms with Gasteiger partial charge in [0, 0.05) is 6.20 Å². The van der Waals surface area contributed by atoms with Crippen LogP contribution in [-0.4, -0.2) is 10.1 Å². The summed E-state index contributed by atoms with van der Waals surface area (Å²) in [4.78, 5) is 5.09. The molecule has 0 spiro atoms. The third-order valence-corrected chi connectivity index (χ3v) is 2.98. The van der Waals surface area contributed by atoms with Crippen LogP contribution in [0.15, 0.2) is 52.5 Å². The highest BCUT2D eigenvalue weighted by Crippen LogP contribution is 2.32. The average molecular weight is 217 g/mol. The molecule has 0 aliphatic rings. The van der Waals surface area contributed by atoms with Gasteiger partial charge in [-0.1, -0.05) is 30.0 Å². The largest absolute Gasteiger partial charge is 0.507 e. The fourth-order valence-corrected chi connectivity index (χ4v) is 1.96. The zero-order valence-corrected chi connectivity index (χ0v) is 9.16. The van der Waals surface area contributed by atoms with Crippen molar-refractivity contribution < 1.29 is 5.11 Å². The third-order valence-electron chi connectivity index (χ3n) is 1.96. The van der Waals surface area contributed by atoms with Crippen LogP contribution in [0.1, 0.15) is 5.56 Å². The molecule has 0 amide bonds. The molecule has 0 saturated carbocycles. The number of benzene rings is 1. The summed E-state index contributed by atoms with van der Waals surface area (Å²) in [6, 6.07) is 11.2. The predicted octanol–water partition coefficient (Wildman–Crippen LogP) is 3.25. The van der Waals surface area contributed by atoms with Crippen molar-refractivity contribution in [1.29, 1.82) is 0 Å². The maximum absolute atomic E-state index is 9.58. The molecular weight excluding hydrogens is 206 g/mol. The molecule has 1 aromatic heterocycles. The van der Waals surface area contributed by atoms with Crippen molar-refractivity contribution in [3.05, 3.63) is 48.2 Å². The van der Waals surface area contributed by atoms with Crippen LogP contribution in [-0.2, 0) is 0 Å². The summed E-state index contributed by atoms with van der Waals surface area (Å²) in [7, 11) is 0. The second kappa shape index (κ2) is 4.36. The second-order valence-electron chi connectivity index (χ2n) is 3.24. The monoisotopic (exact) mass is 217 g/mol. The Kier molecular flexibility index (Phi) is 2.92. The minimum absolute atomic E-state index is 0.296. The lowest BCUT2D eigenvalue weighted by molar-refractivity contribution is 0.462. The topological polar surface area (TPSA) is 33.1 Å². The van der Waals surface area contributed by atoms with E-state index in [1.807, 2.05) is 43.5 Å². The highest BCUT2D eigenvalue weighted by molar-refractivity contribution is 7.99. The Bertz CT molecular complexity index is 453. The lowest BCUT2D eigenvalue weighted by Crippen LogP contribution is -1.81. The smallest absolute Gasteiger partial charge is 0.129 e. The maximum Gasteiger partial charge on any atom is 0.129 e. The predicted molar refractivity (Wildman–Crippen MR) is 61.2 cm³/mol. The molecule has 2 aromatic rings. The second-order valence-corrected chi connectivity index (χ2v) is 4.31. The van der Waals surface area contributed by atoms with E-state index in [-0.39, 0.29) is 0 Å². The Balaban J connectivity index is 2.22. The van der Waals surface area contributed by atoms with Crippen LogP contribution in [0.5, 0.6) is 5.75 Å². The number of aromatic hydroxyl groups is 1. The third kappa shape index (κ3) is 2.50. The Morgan fingerprint density at radius 3 is 2.60 bits per heavy atom. The van der Waals surface area contributed by atoms with Gasteiger partial charge in [-0.15, -0.1) is 0 Å². The Hall–Kier alpha value is -1.48. The van der Waals surface area contributed by atoms with Gasteiger partial charge in [0.05, 0.1) is 4.90 Å². The molecule has 15 heavy (non-hydrogen) atoms. The minimum atomic E-state index is 0.296. The maximum atomic E-state index is 9.58. The van der Waals surface area contributed by atoms with Gasteiger partial charge in [0.2, 0.25) is 0 Å². The molecule has 2 nitrogen and oxygen atoms in total. The zero-order chi connectivity index (χ0) is 10.7. The average Bonchev–Trinajstić information content (AvgIpc) is 2.25. The summed E-state index contributed by atoms with van der Waals surface area (Å²) in [6.45, 7) is 2.00. The Labute approximate surface area is 93.0 Å². The molecule has 0 fully saturated rings. The first-order valence-electron chi connectivity index (χ1n) is 4.64. The van der Waals surface area contributed by atoms with E-state index in [2.05, 4.69) is 4.98 Å². The van der Waals surface area contributed by atoms with E-state index in [4.69, 9.17) is 0 Å². The summed E-state index contributed by atoms with van der Waals surface area (Å²) >= 11 is 1.46. The number of para-hydroxylation sites is 1. The minimum Gasteiger partial charge on any atom is -0.507 e. The summed E-state index contributed by atoms with van der Waals surface area (Å²) in [5, 5.41) is 10.5. The van der Waals surface area contributed by atoms with E-state index >= 15 is 0 Å². The van der Waals surface area contributed by atoms with Gasteiger partial charge in [0.1, 0.15) is 10.8 Å². The van der Waals surface area contributed by atoms with Crippen molar-refractivity contribution >= 4 is 11.8 Å².